The van der Waals surface area contributed by atoms with Crippen LogP contribution in [0.3, 0.4) is 0 Å². The standard InChI is InChI=1S/C49H36N2/c1-49(44-15-9-4-10-16-44)29-27-36(28-30-49)43-32-41(34-11-5-2-6-12-34)31-42(33-43)35-17-19-38(20-18-35)46-26-24-40-22-21-39-23-25-45(37-13-7-3-8-14-37)50-47(39)48(40)51-46/h2-29,31-33H,30H2,1H3. The molecular weight excluding hydrogens is 617 g/mol. The van der Waals surface area contributed by atoms with E-state index in [1.165, 1.54) is 39.0 Å². The van der Waals surface area contributed by atoms with Crippen molar-refractivity contribution in [2.45, 2.75) is 18.8 Å². The summed E-state index contributed by atoms with van der Waals surface area (Å²) in [6.07, 6.45) is 8.04. The second-order valence-corrected chi connectivity index (χ2v) is 13.7. The Hall–Kier alpha value is -6.38. The molecule has 1 aliphatic rings. The third kappa shape index (κ3) is 5.96. The molecule has 0 bridgehead atoms. The Morgan fingerprint density at radius 3 is 1.43 bits per heavy atom. The molecule has 0 amide bonds. The van der Waals surface area contributed by atoms with Crippen molar-refractivity contribution >= 4 is 27.4 Å². The lowest BCUT2D eigenvalue weighted by Crippen LogP contribution is -2.19. The smallest absolute Gasteiger partial charge is 0.0972 e. The molecule has 51 heavy (non-hydrogen) atoms. The molecule has 0 radical (unpaired) electrons. The summed E-state index contributed by atoms with van der Waals surface area (Å²) in [5.74, 6) is 0. The van der Waals surface area contributed by atoms with E-state index in [1.54, 1.807) is 0 Å². The second-order valence-electron chi connectivity index (χ2n) is 13.7. The zero-order valence-corrected chi connectivity index (χ0v) is 28.5. The van der Waals surface area contributed by atoms with Gasteiger partial charge in [0.15, 0.2) is 0 Å². The maximum absolute atomic E-state index is 5.20. The van der Waals surface area contributed by atoms with Crippen molar-refractivity contribution in [2.24, 2.45) is 0 Å². The molecule has 0 saturated carbocycles. The minimum Gasteiger partial charge on any atom is -0.245 e. The van der Waals surface area contributed by atoms with E-state index in [-0.39, 0.29) is 5.41 Å². The summed E-state index contributed by atoms with van der Waals surface area (Å²) >= 11 is 0. The fourth-order valence-electron chi connectivity index (χ4n) is 7.27. The number of hydrogen-bond donors (Lipinski definition) is 0. The van der Waals surface area contributed by atoms with Crippen molar-refractivity contribution in [3.8, 4) is 44.8 Å². The molecule has 2 heteroatoms. The Bertz CT molecular complexity index is 2590. The predicted molar refractivity (Wildman–Crippen MR) is 214 cm³/mol. The van der Waals surface area contributed by atoms with Crippen LogP contribution in [-0.4, -0.2) is 9.97 Å². The van der Waals surface area contributed by atoms with Gasteiger partial charge in [-0.15, -0.1) is 0 Å². The zero-order valence-electron chi connectivity index (χ0n) is 28.5. The summed E-state index contributed by atoms with van der Waals surface area (Å²) in [5.41, 5.74) is 14.5. The van der Waals surface area contributed by atoms with Gasteiger partial charge in [0.2, 0.25) is 0 Å². The first-order chi connectivity index (χ1) is 25.1. The summed E-state index contributed by atoms with van der Waals surface area (Å²) in [6.45, 7) is 2.32. The number of aromatic nitrogens is 2. The van der Waals surface area contributed by atoms with Gasteiger partial charge >= 0.3 is 0 Å². The van der Waals surface area contributed by atoms with Gasteiger partial charge in [-0.25, -0.2) is 9.97 Å². The van der Waals surface area contributed by atoms with E-state index < -0.39 is 0 Å². The number of allylic oxidation sites excluding steroid dienone is 4. The molecule has 0 aliphatic heterocycles. The van der Waals surface area contributed by atoms with E-state index in [0.717, 1.165) is 50.7 Å². The molecule has 0 N–H and O–H groups in total. The van der Waals surface area contributed by atoms with Crippen LogP contribution in [-0.2, 0) is 5.41 Å². The van der Waals surface area contributed by atoms with E-state index in [4.69, 9.17) is 9.97 Å². The number of rotatable bonds is 6. The number of hydrogen-bond acceptors (Lipinski definition) is 2. The second kappa shape index (κ2) is 12.8. The van der Waals surface area contributed by atoms with Gasteiger partial charge in [-0.3, -0.25) is 0 Å². The highest BCUT2D eigenvalue weighted by molar-refractivity contribution is 6.04. The number of pyridine rings is 2. The Labute approximate surface area is 299 Å². The number of nitrogens with zero attached hydrogens (tertiary/aromatic N) is 2. The van der Waals surface area contributed by atoms with Crippen LogP contribution in [0, 0.1) is 0 Å². The van der Waals surface area contributed by atoms with E-state index in [0.29, 0.717) is 0 Å². The van der Waals surface area contributed by atoms with Crippen molar-refractivity contribution < 1.29 is 0 Å². The van der Waals surface area contributed by atoms with Gasteiger partial charge in [0.05, 0.1) is 22.4 Å². The summed E-state index contributed by atoms with van der Waals surface area (Å²) in [5, 5.41) is 2.17. The van der Waals surface area contributed by atoms with Crippen molar-refractivity contribution in [3.05, 3.63) is 199 Å². The largest absolute Gasteiger partial charge is 0.245 e. The van der Waals surface area contributed by atoms with Crippen molar-refractivity contribution in [3.63, 3.8) is 0 Å². The maximum atomic E-state index is 5.20. The molecule has 9 rings (SSSR count). The van der Waals surface area contributed by atoms with Crippen LogP contribution in [0.2, 0.25) is 0 Å². The highest BCUT2D eigenvalue weighted by atomic mass is 14.8. The van der Waals surface area contributed by atoms with Crippen LogP contribution in [0.5, 0.6) is 0 Å². The van der Waals surface area contributed by atoms with Crippen LogP contribution in [0.4, 0.5) is 0 Å². The average molecular weight is 653 g/mol. The maximum Gasteiger partial charge on any atom is 0.0972 e. The van der Waals surface area contributed by atoms with Gasteiger partial charge in [0.1, 0.15) is 0 Å². The Balaban J connectivity index is 1.07. The van der Waals surface area contributed by atoms with Gasteiger partial charge in [0.25, 0.3) is 0 Å². The molecule has 0 spiro atoms. The summed E-state index contributed by atoms with van der Waals surface area (Å²) in [7, 11) is 0. The fourth-order valence-corrected chi connectivity index (χ4v) is 7.27. The van der Waals surface area contributed by atoms with Crippen molar-refractivity contribution in [2.75, 3.05) is 0 Å². The van der Waals surface area contributed by atoms with Gasteiger partial charge in [-0.05, 0) is 75.7 Å². The van der Waals surface area contributed by atoms with Crippen LogP contribution >= 0.6 is 0 Å². The SMILES string of the molecule is CC1(c2ccccc2)C=CC(c2cc(-c3ccccc3)cc(-c3ccc(-c4ccc5ccc6ccc(-c7ccccc7)nc6c5n4)cc3)c2)=CC1. The summed E-state index contributed by atoms with van der Waals surface area (Å²) in [4.78, 5) is 10.3. The topological polar surface area (TPSA) is 25.8 Å². The molecular formula is C49H36N2. The van der Waals surface area contributed by atoms with E-state index in [1.807, 2.05) is 6.07 Å². The molecule has 242 valence electrons. The monoisotopic (exact) mass is 652 g/mol. The first-order valence-electron chi connectivity index (χ1n) is 17.6. The molecule has 0 saturated heterocycles. The third-order valence-corrected chi connectivity index (χ3v) is 10.3. The molecule has 1 unspecified atom stereocenters. The van der Waals surface area contributed by atoms with Crippen LogP contribution in [0.25, 0.3) is 72.1 Å². The molecule has 2 heterocycles. The van der Waals surface area contributed by atoms with Crippen molar-refractivity contribution in [1.29, 1.82) is 0 Å². The van der Waals surface area contributed by atoms with Crippen molar-refractivity contribution in [1.82, 2.24) is 9.97 Å². The van der Waals surface area contributed by atoms with Crippen LogP contribution in [0.15, 0.2) is 188 Å². The van der Waals surface area contributed by atoms with E-state index >= 15 is 0 Å². The highest BCUT2D eigenvalue weighted by Crippen LogP contribution is 2.39. The lowest BCUT2D eigenvalue weighted by molar-refractivity contribution is 0.601. The lowest BCUT2D eigenvalue weighted by Gasteiger charge is -2.29. The predicted octanol–water partition coefficient (Wildman–Crippen LogP) is 12.8. The first kappa shape index (κ1) is 30.7. The summed E-state index contributed by atoms with van der Waals surface area (Å²) < 4.78 is 0. The first-order valence-corrected chi connectivity index (χ1v) is 17.6. The van der Waals surface area contributed by atoms with Gasteiger partial charge < -0.3 is 0 Å². The molecule has 0 fully saturated rings. The van der Waals surface area contributed by atoms with Gasteiger partial charge in [-0.1, -0.05) is 165 Å². The van der Waals surface area contributed by atoms with Gasteiger partial charge in [-0.2, -0.15) is 0 Å². The van der Waals surface area contributed by atoms with Gasteiger partial charge in [0, 0.05) is 27.3 Å². The summed E-state index contributed by atoms with van der Waals surface area (Å²) in [6, 6.07) is 60.4. The number of benzene rings is 6. The number of fused-ring (bicyclic) bond motifs is 3. The molecule has 6 aromatic carbocycles. The molecule has 8 aromatic rings. The molecule has 2 aromatic heterocycles. The third-order valence-electron chi connectivity index (χ3n) is 10.3. The van der Waals surface area contributed by atoms with Crippen LogP contribution in [0.1, 0.15) is 24.5 Å². The Morgan fingerprint density at radius 1 is 0.431 bits per heavy atom. The van der Waals surface area contributed by atoms with Crippen LogP contribution < -0.4 is 0 Å². The minimum atomic E-state index is -0.0101. The highest BCUT2D eigenvalue weighted by Gasteiger charge is 2.25. The minimum absolute atomic E-state index is 0.0101. The molecule has 1 atom stereocenters. The Morgan fingerprint density at radius 2 is 0.882 bits per heavy atom. The average Bonchev–Trinajstić information content (AvgIpc) is 3.21. The molecule has 1 aliphatic carbocycles. The normalized spacial score (nSPS) is 15.6. The van der Waals surface area contributed by atoms with E-state index in [9.17, 15) is 0 Å². The lowest BCUT2D eigenvalue weighted by atomic mass is 9.75. The fraction of sp³-hybridized carbons (Fsp3) is 0.0612. The molecule has 2 nitrogen and oxygen atoms in total. The van der Waals surface area contributed by atoms with E-state index in [2.05, 4.69) is 189 Å². The Kier molecular flexibility index (Phi) is 7.71. The quantitative estimate of drug-likeness (QED) is 0.167. The zero-order chi connectivity index (χ0) is 34.2.